The summed E-state index contributed by atoms with van der Waals surface area (Å²) in [6.07, 6.45) is 1.84. The molecule has 2 rings (SSSR count). The molecule has 0 aliphatic carbocycles. The number of hydrogen-bond donors (Lipinski definition) is 0. The normalized spacial score (nSPS) is 10.8. The van der Waals surface area contributed by atoms with E-state index in [1.54, 1.807) is 0 Å². The molecular weight excluding hydrogens is 171 g/mol. The van der Waals surface area contributed by atoms with Gasteiger partial charge < -0.3 is 4.81 Å². The standard InChI is InChI=1S/C11H12BN2/c1-14(2)12-11-10-6-4-3-5-9(10)7-8-13-11/h3-8H,1-2H3. The van der Waals surface area contributed by atoms with Crippen LogP contribution in [0.15, 0.2) is 36.5 Å². The van der Waals surface area contributed by atoms with Gasteiger partial charge in [0.15, 0.2) is 0 Å². The molecule has 0 bridgehead atoms. The van der Waals surface area contributed by atoms with Gasteiger partial charge in [0.1, 0.15) is 0 Å². The summed E-state index contributed by atoms with van der Waals surface area (Å²) >= 11 is 0. The largest absolute Gasteiger partial charge is 0.346 e. The Morgan fingerprint density at radius 3 is 2.71 bits per heavy atom. The first-order chi connectivity index (χ1) is 6.77. The fourth-order valence-corrected chi connectivity index (χ4v) is 1.49. The summed E-state index contributed by atoms with van der Waals surface area (Å²) in [6.45, 7) is 0. The van der Waals surface area contributed by atoms with Crippen LogP contribution in [0.1, 0.15) is 0 Å². The van der Waals surface area contributed by atoms with E-state index in [0.717, 1.165) is 5.59 Å². The van der Waals surface area contributed by atoms with Crippen molar-refractivity contribution in [3.05, 3.63) is 36.5 Å². The molecule has 0 saturated heterocycles. The van der Waals surface area contributed by atoms with E-state index >= 15 is 0 Å². The van der Waals surface area contributed by atoms with Crippen LogP contribution in [0.5, 0.6) is 0 Å². The maximum atomic E-state index is 4.35. The average molecular weight is 183 g/mol. The van der Waals surface area contributed by atoms with Crippen molar-refractivity contribution in [2.45, 2.75) is 0 Å². The first-order valence-corrected chi connectivity index (χ1v) is 4.62. The van der Waals surface area contributed by atoms with Gasteiger partial charge in [-0.3, -0.25) is 4.98 Å². The molecule has 1 aromatic heterocycles. The van der Waals surface area contributed by atoms with Gasteiger partial charge in [-0.15, -0.1) is 0 Å². The minimum atomic E-state index is 1.02. The molecule has 1 heterocycles. The van der Waals surface area contributed by atoms with E-state index in [1.807, 2.05) is 50.7 Å². The van der Waals surface area contributed by atoms with Gasteiger partial charge in [-0.1, -0.05) is 24.3 Å². The van der Waals surface area contributed by atoms with E-state index in [9.17, 15) is 0 Å². The van der Waals surface area contributed by atoms with E-state index in [1.165, 1.54) is 10.8 Å². The van der Waals surface area contributed by atoms with E-state index in [4.69, 9.17) is 0 Å². The Labute approximate surface area is 84.8 Å². The summed E-state index contributed by atoms with van der Waals surface area (Å²) in [5, 5.41) is 2.43. The highest BCUT2D eigenvalue weighted by atomic mass is 15.0. The van der Waals surface area contributed by atoms with Gasteiger partial charge in [0.2, 0.25) is 0 Å². The summed E-state index contributed by atoms with van der Waals surface area (Å²) < 4.78 is 0. The molecule has 0 spiro atoms. The second-order valence-electron chi connectivity index (χ2n) is 3.51. The topological polar surface area (TPSA) is 16.1 Å². The second kappa shape index (κ2) is 3.80. The number of hydrogen-bond acceptors (Lipinski definition) is 2. The molecule has 2 nitrogen and oxygen atoms in total. The summed E-state index contributed by atoms with van der Waals surface area (Å²) in [7, 11) is 6.04. The Kier molecular flexibility index (Phi) is 2.50. The van der Waals surface area contributed by atoms with E-state index in [2.05, 4.69) is 17.1 Å². The molecule has 2 aromatic rings. The average Bonchev–Trinajstić information content (AvgIpc) is 2.18. The molecule has 1 aromatic carbocycles. The lowest BCUT2D eigenvalue weighted by Crippen LogP contribution is -2.31. The lowest BCUT2D eigenvalue weighted by Gasteiger charge is -2.08. The maximum Gasteiger partial charge on any atom is 0.273 e. The smallest absolute Gasteiger partial charge is 0.273 e. The van der Waals surface area contributed by atoms with Gasteiger partial charge >= 0.3 is 0 Å². The Balaban J connectivity index is 2.53. The zero-order chi connectivity index (χ0) is 9.97. The molecule has 1 radical (unpaired) electrons. The Bertz CT molecular complexity index is 435. The van der Waals surface area contributed by atoms with Crippen LogP contribution in [0.25, 0.3) is 10.8 Å². The van der Waals surface area contributed by atoms with Crippen molar-refractivity contribution < 1.29 is 0 Å². The highest BCUT2D eigenvalue weighted by Gasteiger charge is 2.04. The molecule has 0 unspecified atom stereocenters. The molecule has 3 heteroatoms. The van der Waals surface area contributed by atoms with Crippen molar-refractivity contribution in [3.63, 3.8) is 0 Å². The minimum Gasteiger partial charge on any atom is -0.346 e. The fraction of sp³-hybridized carbons (Fsp3) is 0.182. The fourth-order valence-electron chi connectivity index (χ4n) is 1.49. The molecule has 0 fully saturated rings. The lowest BCUT2D eigenvalue weighted by atomic mass is 9.83. The number of aromatic nitrogens is 1. The van der Waals surface area contributed by atoms with Crippen molar-refractivity contribution >= 4 is 23.8 Å². The second-order valence-corrected chi connectivity index (χ2v) is 3.51. The molecular formula is C11H12BN2. The van der Waals surface area contributed by atoms with Gasteiger partial charge in [-0.25, -0.2) is 0 Å². The van der Waals surface area contributed by atoms with Crippen molar-refractivity contribution in [2.75, 3.05) is 14.1 Å². The van der Waals surface area contributed by atoms with Crippen LogP contribution in [0.3, 0.4) is 0 Å². The first-order valence-electron chi connectivity index (χ1n) is 4.62. The third-order valence-electron chi connectivity index (χ3n) is 2.08. The summed E-state index contributed by atoms with van der Waals surface area (Å²) in [5.41, 5.74) is 1.02. The van der Waals surface area contributed by atoms with Crippen LogP contribution < -0.4 is 5.59 Å². The van der Waals surface area contributed by atoms with Crippen LogP contribution in [0, 0.1) is 0 Å². The zero-order valence-electron chi connectivity index (χ0n) is 8.44. The van der Waals surface area contributed by atoms with Gasteiger partial charge in [0.25, 0.3) is 7.41 Å². The number of nitrogens with zero attached hydrogens (tertiary/aromatic N) is 2. The van der Waals surface area contributed by atoms with Crippen molar-refractivity contribution in [1.82, 2.24) is 9.79 Å². The highest BCUT2D eigenvalue weighted by molar-refractivity contribution is 6.53. The number of fused-ring (bicyclic) bond motifs is 1. The molecule has 0 aliphatic heterocycles. The predicted molar refractivity (Wildman–Crippen MR) is 60.8 cm³/mol. The van der Waals surface area contributed by atoms with Crippen LogP contribution in [-0.2, 0) is 0 Å². The van der Waals surface area contributed by atoms with Crippen molar-refractivity contribution in [2.24, 2.45) is 0 Å². The van der Waals surface area contributed by atoms with Crippen LogP contribution in [0.4, 0.5) is 0 Å². The van der Waals surface area contributed by atoms with E-state index in [0.29, 0.717) is 0 Å². The van der Waals surface area contributed by atoms with Gasteiger partial charge in [-0.2, -0.15) is 0 Å². The number of pyridine rings is 1. The van der Waals surface area contributed by atoms with Gasteiger partial charge in [-0.05, 0) is 30.9 Å². The van der Waals surface area contributed by atoms with Crippen LogP contribution in [0.2, 0.25) is 0 Å². The van der Waals surface area contributed by atoms with Gasteiger partial charge in [0.05, 0.1) is 0 Å². The lowest BCUT2D eigenvalue weighted by molar-refractivity contribution is 0.668. The van der Waals surface area contributed by atoms with E-state index < -0.39 is 0 Å². The number of benzene rings is 1. The van der Waals surface area contributed by atoms with Crippen molar-refractivity contribution in [3.8, 4) is 0 Å². The SMILES string of the molecule is CN(C)[B]c1nccc2ccccc12. The molecule has 0 N–H and O–H groups in total. The molecule has 14 heavy (non-hydrogen) atoms. The zero-order valence-corrected chi connectivity index (χ0v) is 8.44. The monoisotopic (exact) mass is 183 g/mol. The van der Waals surface area contributed by atoms with Gasteiger partial charge in [0, 0.05) is 11.8 Å². The summed E-state index contributed by atoms with van der Waals surface area (Å²) in [6, 6.07) is 10.3. The third-order valence-corrected chi connectivity index (χ3v) is 2.08. The number of rotatable bonds is 2. The van der Waals surface area contributed by atoms with E-state index in [-0.39, 0.29) is 0 Å². The first kappa shape index (κ1) is 9.22. The quantitative estimate of drug-likeness (QED) is 0.646. The third kappa shape index (κ3) is 1.78. The van der Waals surface area contributed by atoms with Crippen LogP contribution >= 0.6 is 0 Å². The highest BCUT2D eigenvalue weighted by Crippen LogP contribution is 2.08. The summed E-state index contributed by atoms with van der Waals surface area (Å²) in [4.78, 5) is 6.36. The Morgan fingerprint density at radius 1 is 1.14 bits per heavy atom. The minimum absolute atomic E-state index is 1.02. The molecule has 0 aliphatic rings. The molecule has 0 saturated carbocycles. The summed E-state index contributed by atoms with van der Waals surface area (Å²) in [5.74, 6) is 0. The molecule has 69 valence electrons. The molecule has 0 amide bonds. The van der Waals surface area contributed by atoms with Crippen LogP contribution in [-0.4, -0.2) is 31.3 Å². The predicted octanol–water partition coefficient (Wildman–Crippen LogP) is 1.04. The Morgan fingerprint density at radius 2 is 1.93 bits per heavy atom. The molecule has 0 atom stereocenters. The van der Waals surface area contributed by atoms with Crippen molar-refractivity contribution in [1.29, 1.82) is 0 Å². The Hall–Kier alpha value is -1.35. The maximum absolute atomic E-state index is 4.35.